The summed E-state index contributed by atoms with van der Waals surface area (Å²) < 4.78 is 7.80. The predicted molar refractivity (Wildman–Crippen MR) is 154 cm³/mol. The molecule has 0 radical (unpaired) electrons. The number of amides is 2. The first-order chi connectivity index (χ1) is 19.4. The van der Waals surface area contributed by atoms with Crippen LogP contribution in [0, 0.1) is 13.8 Å². The molecule has 0 N–H and O–H groups in total. The molecule has 6 rings (SSSR count). The van der Waals surface area contributed by atoms with E-state index >= 15 is 0 Å². The number of hydrogen-bond donors (Lipinski definition) is 0. The molecule has 0 bridgehead atoms. The number of para-hydroxylation sites is 1. The lowest BCUT2D eigenvalue weighted by molar-refractivity contribution is 0.0642. The fourth-order valence-electron chi connectivity index (χ4n) is 5.66. The molecule has 2 aliphatic rings. The molecule has 0 saturated carbocycles. The molecule has 8 nitrogen and oxygen atoms in total. The Labute approximate surface area is 234 Å². The zero-order valence-corrected chi connectivity index (χ0v) is 23.1. The minimum Gasteiger partial charge on any atom is -0.457 e. The summed E-state index contributed by atoms with van der Waals surface area (Å²) in [6.07, 6.45) is 0. The summed E-state index contributed by atoms with van der Waals surface area (Å²) in [6, 6.07) is 23.6. The number of hydrogen-bond acceptors (Lipinski definition) is 6. The molecule has 1 fully saturated rings. The van der Waals surface area contributed by atoms with Crippen molar-refractivity contribution in [3.8, 4) is 11.5 Å². The van der Waals surface area contributed by atoms with Gasteiger partial charge >= 0.3 is 0 Å². The van der Waals surface area contributed by atoms with E-state index in [4.69, 9.17) is 4.74 Å². The Morgan fingerprint density at radius 1 is 0.800 bits per heavy atom. The highest BCUT2D eigenvalue weighted by Crippen LogP contribution is 2.34. The fraction of sp³-hybridized carbons (Fsp3) is 0.281. The van der Waals surface area contributed by atoms with Gasteiger partial charge in [0.15, 0.2) is 0 Å². The standard InChI is InChI=1S/C32H33N5O3/c1-22-28(23(2)34(3)33-22)21-37-31(38)27-13-8-14-29(30(27)32(37)39)36-17-15-35(16-18-36)20-24-9-7-12-26(19-24)40-25-10-5-4-6-11-25/h4-14,19H,15-18,20-21H2,1-3H3. The molecule has 0 atom stereocenters. The van der Waals surface area contributed by atoms with Crippen LogP contribution in [-0.4, -0.2) is 57.6 Å². The lowest BCUT2D eigenvalue weighted by atomic mass is 10.1. The maximum atomic E-state index is 13.6. The number of imide groups is 1. The van der Waals surface area contributed by atoms with Crippen molar-refractivity contribution in [2.24, 2.45) is 7.05 Å². The second kappa shape index (κ2) is 10.6. The highest BCUT2D eigenvalue weighted by molar-refractivity contribution is 6.23. The molecular formula is C32H33N5O3. The van der Waals surface area contributed by atoms with Gasteiger partial charge in [0.25, 0.3) is 11.8 Å². The van der Waals surface area contributed by atoms with E-state index in [1.165, 1.54) is 10.5 Å². The zero-order chi connectivity index (χ0) is 27.8. The van der Waals surface area contributed by atoms with Crippen LogP contribution in [-0.2, 0) is 20.1 Å². The van der Waals surface area contributed by atoms with Crippen molar-refractivity contribution in [3.63, 3.8) is 0 Å². The van der Waals surface area contributed by atoms with E-state index in [2.05, 4.69) is 27.0 Å². The summed E-state index contributed by atoms with van der Waals surface area (Å²) >= 11 is 0. The van der Waals surface area contributed by atoms with E-state index in [1.54, 1.807) is 10.7 Å². The van der Waals surface area contributed by atoms with Gasteiger partial charge in [0.1, 0.15) is 11.5 Å². The van der Waals surface area contributed by atoms with Crippen LogP contribution in [0.2, 0.25) is 0 Å². The van der Waals surface area contributed by atoms with Gasteiger partial charge in [-0.3, -0.25) is 24.1 Å². The second-order valence-electron chi connectivity index (χ2n) is 10.5. The number of carbonyl (C=O) groups is 2. The van der Waals surface area contributed by atoms with Crippen molar-refractivity contribution in [1.29, 1.82) is 0 Å². The lowest BCUT2D eigenvalue weighted by Gasteiger charge is -2.36. The highest BCUT2D eigenvalue weighted by Gasteiger charge is 2.39. The Bertz CT molecular complexity index is 1570. The number of aryl methyl sites for hydroxylation is 2. The van der Waals surface area contributed by atoms with E-state index in [1.807, 2.05) is 75.5 Å². The number of ether oxygens (including phenoxy) is 1. The summed E-state index contributed by atoms with van der Waals surface area (Å²) in [5.41, 5.74) is 5.76. The number of nitrogens with zero attached hydrogens (tertiary/aromatic N) is 5. The van der Waals surface area contributed by atoms with Crippen molar-refractivity contribution in [3.05, 3.63) is 106 Å². The Morgan fingerprint density at radius 3 is 2.25 bits per heavy atom. The summed E-state index contributed by atoms with van der Waals surface area (Å²) in [6.45, 7) is 8.20. The van der Waals surface area contributed by atoms with Crippen molar-refractivity contribution in [1.82, 2.24) is 19.6 Å². The Kier molecular flexibility index (Phi) is 6.86. The monoisotopic (exact) mass is 535 g/mol. The van der Waals surface area contributed by atoms with Crippen molar-refractivity contribution < 1.29 is 14.3 Å². The zero-order valence-electron chi connectivity index (χ0n) is 23.1. The quantitative estimate of drug-likeness (QED) is 0.312. The molecule has 2 aliphatic heterocycles. The van der Waals surface area contributed by atoms with Crippen LogP contribution in [0.4, 0.5) is 5.69 Å². The van der Waals surface area contributed by atoms with Gasteiger partial charge in [-0.2, -0.15) is 5.10 Å². The van der Waals surface area contributed by atoms with Gasteiger partial charge in [-0.1, -0.05) is 36.4 Å². The van der Waals surface area contributed by atoms with E-state index in [9.17, 15) is 9.59 Å². The maximum absolute atomic E-state index is 13.6. The molecule has 3 heterocycles. The summed E-state index contributed by atoms with van der Waals surface area (Å²) in [7, 11) is 1.88. The van der Waals surface area contributed by atoms with Gasteiger partial charge in [-0.25, -0.2) is 0 Å². The Morgan fingerprint density at radius 2 is 1.52 bits per heavy atom. The van der Waals surface area contributed by atoms with Gasteiger partial charge in [0.2, 0.25) is 0 Å². The first kappa shape index (κ1) is 25.8. The smallest absolute Gasteiger partial charge is 0.263 e. The van der Waals surface area contributed by atoms with Gasteiger partial charge < -0.3 is 9.64 Å². The van der Waals surface area contributed by atoms with E-state index in [0.717, 1.165) is 66.9 Å². The SMILES string of the molecule is Cc1nn(C)c(C)c1CN1C(=O)c2cccc(N3CCN(Cc4cccc(Oc5ccccc5)c4)CC3)c2C1=O. The minimum atomic E-state index is -0.235. The van der Waals surface area contributed by atoms with Gasteiger partial charge in [-0.05, 0) is 55.8 Å². The molecule has 4 aromatic rings. The average Bonchev–Trinajstić information content (AvgIpc) is 3.35. The van der Waals surface area contributed by atoms with Crippen molar-refractivity contribution in [2.45, 2.75) is 26.9 Å². The maximum Gasteiger partial charge on any atom is 0.263 e. The van der Waals surface area contributed by atoms with Crippen LogP contribution < -0.4 is 9.64 Å². The molecule has 0 aliphatic carbocycles. The first-order valence-electron chi connectivity index (χ1n) is 13.7. The normalized spacial score (nSPS) is 15.6. The number of anilines is 1. The van der Waals surface area contributed by atoms with Crippen LogP contribution in [0.25, 0.3) is 0 Å². The summed E-state index contributed by atoms with van der Waals surface area (Å²) in [5, 5.41) is 4.45. The van der Waals surface area contributed by atoms with E-state index < -0.39 is 0 Å². The number of benzene rings is 3. The number of aromatic nitrogens is 2. The third-order valence-corrected chi connectivity index (χ3v) is 7.95. The molecule has 8 heteroatoms. The molecule has 0 spiro atoms. The van der Waals surface area contributed by atoms with Crippen LogP contribution in [0.1, 0.15) is 43.2 Å². The minimum absolute atomic E-state index is 0.226. The van der Waals surface area contributed by atoms with Crippen LogP contribution in [0.3, 0.4) is 0 Å². The number of carbonyl (C=O) groups excluding carboxylic acids is 2. The highest BCUT2D eigenvalue weighted by atomic mass is 16.5. The third kappa shape index (κ3) is 4.86. The predicted octanol–water partition coefficient (Wildman–Crippen LogP) is 4.95. The van der Waals surface area contributed by atoms with E-state index in [-0.39, 0.29) is 18.4 Å². The van der Waals surface area contributed by atoms with Crippen LogP contribution in [0.5, 0.6) is 11.5 Å². The lowest BCUT2D eigenvalue weighted by Crippen LogP contribution is -2.46. The Balaban J connectivity index is 1.13. The topological polar surface area (TPSA) is 70.9 Å². The van der Waals surface area contributed by atoms with E-state index in [0.29, 0.717) is 11.1 Å². The molecule has 0 unspecified atom stereocenters. The molecule has 2 amide bonds. The number of piperazine rings is 1. The number of rotatable bonds is 7. The molecule has 3 aromatic carbocycles. The first-order valence-corrected chi connectivity index (χ1v) is 13.7. The molecular weight excluding hydrogens is 502 g/mol. The molecule has 1 saturated heterocycles. The van der Waals surface area contributed by atoms with Crippen molar-refractivity contribution >= 4 is 17.5 Å². The summed E-state index contributed by atoms with van der Waals surface area (Å²) in [4.78, 5) is 32.9. The van der Waals surface area contributed by atoms with Crippen molar-refractivity contribution in [2.75, 3.05) is 31.1 Å². The molecule has 204 valence electrons. The summed E-state index contributed by atoms with van der Waals surface area (Å²) in [5.74, 6) is 1.18. The third-order valence-electron chi connectivity index (χ3n) is 7.95. The Hall–Kier alpha value is -4.43. The van der Waals surface area contributed by atoms with Gasteiger partial charge in [-0.15, -0.1) is 0 Å². The fourth-order valence-corrected chi connectivity index (χ4v) is 5.66. The largest absolute Gasteiger partial charge is 0.457 e. The second-order valence-corrected chi connectivity index (χ2v) is 10.5. The van der Waals surface area contributed by atoms with Gasteiger partial charge in [0, 0.05) is 51.0 Å². The number of fused-ring (bicyclic) bond motifs is 1. The van der Waals surface area contributed by atoms with Crippen LogP contribution in [0.15, 0.2) is 72.8 Å². The van der Waals surface area contributed by atoms with Crippen LogP contribution >= 0.6 is 0 Å². The van der Waals surface area contributed by atoms with Gasteiger partial charge in [0.05, 0.1) is 29.1 Å². The molecule has 1 aromatic heterocycles. The average molecular weight is 536 g/mol. The molecule has 40 heavy (non-hydrogen) atoms.